The molecule has 0 spiro atoms. The van der Waals surface area contributed by atoms with Gasteiger partial charge in [0.2, 0.25) is 0 Å². The summed E-state index contributed by atoms with van der Waals surface area (Å²) in [6, 6.07) is 0. The van der Waals surface area contributed by atoms with E-state index in [0.717, 1.165) is 13.0 Å². The van der Waals surface area contributed by atoms with Crippen LogP contribution in [0.25, 0.3) is 0 Å². The Morgan fingerprint density at radius 1 is 1.53 bits per heavy atom. The summed E-state index contributed by atoms with van der Waals surface area (Å²) in [7, 11) is 0. The van der Waals surface area contributed by atoms with Crippen LogP contribution in [0.1, 0.15) is 27.2 Å². The summed E-state index contributed by atoms with van der Waals surface area (Å²) in [4.78, 5) is 13.0. The molecule has 0 aromatic heterocycles. The molecule has 0 radical (unpaired) electrons. The van der Waals surface area contributed by atoms with Crippen LogP contribution in [0.5, 0.6) is 0 Å². The van der Waals surface area contributed by atoms with Gasteiger partial charge in [0.1, 0.15) is 0 Å². The number of rotatable bonds is 3. The normalized spacial score (nSPS) is 29.1. The molecule has 1 rings (SSSR count). The van der Waals surface area contributed by atoms with Gasteiger partial charge in [0, 0.05) is 13.1 Å². The minimum atomic E-state index is -0.782. The average Bonchev–Trinajstić information content (AvgIpc) is 2.10. The summed E-state index contributed by atoms with van der Waals surface area (Å²) in [5.41, 5.74) is -0.736. The molecule has 1 aliphatic rings. The van der Waals surface area contributed by atoms with Gasteiger partial charge in [-0.05, 0) is 32.7 Å². The Morgan fingerprint density at radius 3 is 2.60 bits per heavy atom. The first kappa shape index (κ1) is 12.5. The van der Waals surface area contributed by atoms with Gasteiger partial charge in [-0.3, -0.25) is 9.69 Å². The first-order valence-electron chi connectivity index (χ1n) is 5.47. The Labute approximate surface area is 90.9 Å². The average molecular weight is 215 g/mol. The molecule has 1 saturated heterocycles. The van der Waals surface area contributed by atoms with Gasteiger partial charge in [-0.2, -0.15) is 0 Å². The van der Waals surface area contributed by atoms with Gasteiger partial charge < -0.3 is 10.2 Å². The highest BCUT2D eigenvalue weighted by molar-refractivity contribution is 5.73. The molecule has 0 saturated carbocycles. The van der Waals surface area contributed by atoms with Crippen molar-refractivity contribution in [3.63, 3.8) is 0 Å². The smallest absolute Gasteiger partial charge is 0.310 e. The summed E-state index contributed by atoms with van der Waals surface area (Å²) in [6.07, 6.45) is 0.625. The van der Waals surface area contributed by atoms with Crippen molar-refractivity contribution in [1.82, 2.24) is 4.90 Å². The third kappa shape index (κ3) is 3.18. The largest absolute Gasteiger partial charge is 0.481 e. The number of aliphatic carboxylic acids is 1. The zero-order chi connectivity index (χ0) is 11.6. The molecular weight excluding hydrogens is 194 g/mol. The SMILES string of the molecule is CC1CCN(CC(C)(C)C(=O)O)CC1O. The maximum Gasteiger partial charge on any atom is 0.310 e. The molecule has 2 unspecified atom stereocenters. The number of likely N-dealkylation sites (tertiary alicyclic amines) is 1. The molecule has 0 aromatic rings. The van der Waals surface area contributed by atoms with Gasteiger partial charge in [-0.25, -0.2) is 0 Å². The van der Waals surface area contributed by atoms with E-state index in [1.807, 2.05) is 11.8 Å². The lowest BCUT2D eigenvalue weighted by Gasteiger charge is -2.37. The number of hydrogen-bond donors (Lipinski definition) is 2. The maximum absolute atomic E-state index is 11.0. The molecule has 1 fully saturated rings. The fourth-order valence-electron chi connectivity index (χ4n) is 1.88. The van der Waals surface area contributed by atoms with Crippen LogP contribution >= 0.6 is 0 Å². The number of piperidine rings is 1. The molecule has 1 heterocycles. The summed E-state index contributed by atoms with van der Waals surface area (Å²) in [6.45, 7) is 7.46. The standard InChI is InChI=1S/C11H21NO3/c1-8-4-5-12(6-9(8)13)7-11(2,3)10(14)15/h8-9,13H,4-7H2,1-3H3,(H,14,15). The number of carboxylic acid groups (broad SMARTS) is 1. The van der Waals surface area contributed by atoms with Gasteiger partial charge in [-0.1, -0.05) is 6.92 Å². The van der Waals surface area contributed by atoms with E-state index < -0.39 is 11.4 Å². The Morgan fingerprint density at radius 2 is 2.13 bits per heavy atom. The molecule has 88 valence electrons. The van der Waals surface area contributed by atoms with E-state index in [2.05, 4.69) is 0 Å². The molecule has 4 heteroatoms. The lowest BCUT2D eigenvalue weighted by molar-refractivity contribution is -0.148. The van der Waals surface area contributed by atoms with Crippen LogP contribution < -0.4 is 0 Å². The number of nitrogens with zero attached hydrogens (tertiary/aromatic N) is 1. The fourth-order valence-corrected chi connectivity index (χ4v) is 1.88. The summed E-state index contributed by atoms with van der Waals surface area (Å²) in [5.74, 6) is -0.454. The van der Waals surface area contributed by atoms with E-state index in [-0.39, 0.29) is 6.10 Å². The van der Waals surface area contributed by atoms with Crippen LogP contribution in [-0.4, -0.2) is 46.8 Å². The minimum absolute atomic E-state index is 0.316. The first-order valence-corrected chi connectivity index (χ1v) is 5.47. The van der Waals surface area contributed by atoms with Crippen molar-refractivity contribution in [2.45, 2.75) is 33.3 Å². The Kier molecular flexibility index (Phi) is 3.73. The Balaban J connectivity index is 2.50. The van der Waals surface area contributed by atoms with Crippen molar-refractivity contribution in [1.29, 1.82) is 0 Å². The summed E-state index contributed by atoms with van der Waals surface area (Å²) >= 11 is 0. The topological polar surface area (TPSA) is 60.8 Å². The van der Waals surface area contributed by atoms with Crippen LogP contribution in [-0.2, 0) is 4.79 Å². The third-order valence-electron chi connectivity index (χ3n) is 3.20. The van der Waals surface area contributed by atoms with E-state index in [0.29, 0.717) is 19.0 Å². The lowest BCUT2D eigenvalue weighted by Crippen LogP contribution is -2.48. The molecular formula is C11H21NO3. The molecule has 1 aliphatic heterocycles. The highest BCUT2D eigenvalue weighted by Crippen LogP contribution is 2.22. The quantitative estimate of drug-likeness (QED) is 0.731. The number of aliphatic hydroxyl groups is 1. The molecule has 0 aromatic carbocycles. The Bertz CT molecular complexity index is 240. The van der Waals surface area contributed by atoms with E-state index in [1.54, 1.807) is 13.8 Å². The summed E-state index contributed by atoms with van der Waals surface area (Å²) < 4.78 is 0. The number of aliphatic hydroxyl groups excluding tert-OH is 1. The van der Waals surface area contributed by atoms with Gasteiger partial charge in [-0.15, -0.1) is 0 Å². The van der Waals surface area contributed by atoms with E-state index in [9.17, 15) is 9.90 Å². The number of β-amino-alcohol motifs (C(OH)–C–C–N with tert-alkyl or cyclic N) is 1. The summed E-state index contributed by atoms with van der Waals surface area (Å²) in [5, 5.41) is 18.7. The maximum atomic E-state index is 11.0. The van der Waals surface area contributed by atoms with Crippen LogP contribution in [0, 0.1) is 11.3 Å². The molecule has 4 nitrogen and oxygen atoms in total. The second-order valence-electron chi connectivity index (χ2n) is 5.26. The van der Waals surface area contributed by atoms with Gasteiger partial charge >= 0.3 is 5.97 Å². The van der Waals surface area contributed by atoms with E-state index in [4.69, 9.17) is 5.11 Å². The number of carbonyl (C=O) groups is 1. The van der Waals surface area contributed by atoms with Crippen molar-refractivity contribution >= 4 is 5.97 Å². The zero-order valence-corrected chi connectivity index (χ0v) is 9.73. The molecule has 0 aliphatic carbocycles. The van der Waals surface area contributed by atoms with Gasteiger partial charge in [0.15, 0.2) is 0 Å². The van der Waals surface area contributed by atoms with Crippen LogP contribution in [0.4, 0.5) is 0 Å². The van der Waals surface area contributed by atoms with E-state index >= 15 is 0 Å². The molecule has 15 heavy (non-hydrogen) atoms. The molecule has 2 atom stereocenters. The number of hydrogen-bond acceptors (Lipinski definition) is 3. The van der Waals surface area contributed by atoms with Gasteiger partial charge in [0.25, 0.3) is 0 Å². The molecule has 0 amide bonds. The van der Waals surface area contributed by atoms with Crippen molar-refractivity contribution in [3.8, 4) is 0 Å². The van der Waals surface area contributed by atoms with Crippen LogP contribution in [0.3, 0.4) is 0 Å². The fraction of sp³-hybridized carbons (Fsp3) is 0.909. The third-order valence-corrected chi connectivity index (χ3v) is 3.20. The van der Waals surface area contributed by atoms with Crippen LogP contribution in [0.2, 0.25) is 0 Å². The lowest BCUT2D eigenvalue weighted by atomic mass is 9.90. The van der Waals surface area contributed by atoms with Gasteiger partial charge in [0.05, 0.1) is 11.5 Å². The first-order chi connectivity index (χ1) is 6.83. The van der Waals surface area contributed by atoms with E-state index in [1.165, 1.54) is 0 Å². The van der Waals surface area contributed by atoms with Crippen molar-refractivity contribution in [2.24, 2.45) is 11.3 Å². The van der Waals surface area contributed by atoms with Crippen molar-refractivity contribution < 1.29 is 15.0 Å². The predicted molar refractivity (Wildman–Crippen MR) is 57.6 cm³/mol. The predicted octanol–water partition coefficient (Wildman–Crippen LogP) is 0.800. The second-order valence-corrected chi connectivity index (χ2v) is 5.26. The zero-order valence-electron chi connectivity index (χ0n) is 9.73. The minimum Gasteiger partial charge on any atom is -0.481 e. The van der Waals surface area contributed by atoms with Crippen LogP contribution in [0.15, 0.2) is 0 Å². The Hall–Kier alpha value is -0.610. The monoisotopic (exact) mass is 215 g/mol. The van der Waals surface area contributed by atoms with Crippen molar-refractivity contribution in [3.05, 3.63) is 0 Å². The van der Waals surface area contributed by atoms with Crippen molar-refractivity contribution in [2.75, 3.05) is 19.6 Å². The number of carboxylic acids is 1. The molecule has 0 bridgehead atoms. The second kappa shape index (κ2) is 4.49. The highest BCUT2D eigenvalue weighted by Gasteiger charge is 2.33. The highest BCUT2D eigenvalue weighted by atomic mass is 16.4. The molecule has 2 N–H and O–H groups in total.